The highest BCUT2D eigenvalue weighted by atomic mass is 16.5. The highest BCUT2D eigenvalue weighted by molar-refractivity contribution is 5.32. The molecule has 1 aromatic rings. The highest BCUT2D eigenvalue weighted by Crippen LogP contribution is 2.47. The van der Waals surface area contributed by atoms with Crippen molar-refractivity contribution in [2.45, 2.75) is 39.2 Å². The molecule has 1 saturated carbocycles. The zero-order chi connectivity index (χ0) is 12.3. The smallest absolute Gasteiger partial charge is 0.119 e. The molecule has 0 saturated heterocycles. The summed E-state index contributed by atoms with van der Waals surface area (Å²) in [5, 5.41) is 3.42. The van der Waals surface area contributed by atoms with E-state index in [1.165, 1.54) is 12.0 Å². The molecule has 2 atom stereocenters. The van der Waals surface area contributed by atoms with E-state index in [4.69, 9.17) is 4.74 Å². The Bertz CT molecular complexity index is 344. The van der Waals surface area contributed by atoms with E-state index in [2.05, 4.69) is 50.4 Å². The minimum absolute atomic E-state index is 0.253. The van der Waals surface area contributed by atoms with Gasteiger partial charge in [-0.25, -0.2) is 0 Å². The maximum absolute atomic E-state index is 5.65. The van der Waals surface area contributed by atoms with Crippen LogP contribution in [0.15, 0.2) is 24.3 Å². The second kappa shape index (κ2) is 5.54. The van der Waals surface area contributed by atoms with E-state index in [-0.39, 0.29) is 6.10 Å². The largest absolute Gasteiger partial charge is 0.491 e. The lowest BCUT2D eigenvalue weighted by molar-refractivity contribution is 0.242. The van der Waals surface area contributed by atoms with Crippen LogP contribution in [0.1, 0.15) is 38.7 Å². The molecule has 0 amide bonds. The fraction of sp³-hybridized carbons (Fsp3) is 0.600. The molecule has 2 heteroatoms. The summed E-state index contributed by atoms with van der Waals surface area (Å²) >= 11 is 0. The molecular weight excluding hydrogens is 210 g/mol. The van der Waals surface area contributed by atoms with E-state index in [0.717, 1.165) is 30.7 Å². The van der Waals surface area contributed by atoms with Crippen LogP contribution < -0.4 is 10.1 Å². The van der Waals surface area contributed by atoms with Crippen molar-refractivity contribution in [3.05, 3.63) is 29.8 Å². The van der Waals surface area contributed by atoms with Gasteiger partial charge in [-0.2, -0.15) is 0 Å². The van der Waals surface area contributed by atoms with Gasteiger partial charge in [0.25, 0.3) is 0 Å². The van der Waals surface area contributed by atoms with Gasteiger partial charge in [0.05, 0.1) is 6.10 Å². The molecule has 2 unspecified atom stereocenters. The molecule has 1 aliphatic rings. The minimum atomic E-state index is 0.253. The standard InChI is InChI=1S/C15H23NO/c1-4-16-10-13-9-15(13)12-5-7-14(8-6-12)17-11(2)3/h5-8,11,13,15-16H,4,9-10H2,1-3H3. The number of nitrogens with one attached hydrogen (secondary N) is 1. The van der Waals surface area contributed by atoms with Crippen LogP contribution in [-0.4, -0.2) is 19.2 Å². The average Bonchev–Trinajstić information content (AvgIpc) is 3.06. The van der Waals surface area contributed by atoms with E-state index < -0.39 is 0 Å². The fourth-order valence-corrected chi connectivity index (χ4v) is 2.28. The van der Waals surface area contributed by atoms with E-state index in [0.29, 0.717) is 0 Å². The first kappa shape index (κ1) is 12.4. The lowest BCUT2D eigenvalue weighted by Gasteiger charge is -2.10. The van der Waals surface area contributed by atoms with Crippen molar-refractivity contribution in [2.24, 2.45) is 5.92 Å². The maximum Gasteiger partial charge on any atom is 0.119 e. The molecule has 2 rings (SSSR count). The predicted octanol–water partition coefficient (Wildman–Crippen LogP) is 3.19. The summed E-state index contributed by atoms with van der Waals surface area (Å²) in [4.78, 5) is 0. The van der Waals surface area contributed by atoms with E-state index in [9.17, 15) is 0 Å². The average molecular weight is 233 g/mol. The van der Waals surface area contributed by atoms with E-state index in [1.807, 2.05) is 0 Å². The Hall–Kier alpha value is -1.02. The molecule has 1 N–H and O–H groups in total. The molecule has 1 aromatic carbocycles. The van der Waals surface area contributed by atoms with Crippen LogP contribution in [-0.2, 0) is 0 Å². The Balaban J connectivity index is 1.87. The molecule has 0 spiro atoms. The maximum atomic E-state index is 5.65. The van der Waals surface area contributed by atoms with Crippen LogP contribution >= 0.6 is 0 Å². The van der Waals surface area contributed by atoms with Crippen molar-refractivity contribution in [2.75, 3.05) is 13.1 Å². The molecule has 17 heavy (non-hydrogen) atoms. The van der Waals surface area contributed by atoms with Gasteiger partial charge < -0.3 is 10.1 Å². The van der Waals surface area contributed by atoms with Crippen molar-refractivity contribution < 1.29 is 4.74 Å². The fourth-order valence-electron chi connectivity index (χ4n) is 2.28. The van der Waals surface area contributed by atoms with Crippen molar-refractivity contribution >= 4 is 0 Å². The Kier molecular flexibility index (Phi) is 4.06. The zero-order valence-corrected chi connectivity index (χ0v) is 11.1. The second-order valence-corrected chi connectivity index (χ2v) is 5.15. The third-order valence-corrected chi connectivity index (χ3v) is 3.26. The van der Waals surface area contributed by atoms with Crippen molar-refractivity contribution in [1.82, 2.24) is 5.32 Å². The van der Waals surface area contributed by atoms with Gasteiger partial charge in [0.1, 0.15) is 5.75 Å². The first-order chi connectivity index (χ1) is 8.20. The number of hydrogen-bond donors (Lipinski definition) is 1. The van der Waals surface area contributed by atoms with Gasteiger partial charge in [0, 0.05) is 0 Å². The first-order valence-corrected chi connectivity index (χ1v) is 6.68. The molecule has 2 nitrogen and oxygen atoms in total. The molecule has 1 fully saturated rings. The van der Waals surface area contributed by atoms with Crippen LogP contribution in [0.25, 0.3) is 0 Å². The van der Waals surface area contributed by atoms with Crippen LogP contribution in [0.2, 0.25) is 0 Å². The normalized spacial score (nSPS) is 22.8. The highest BCUT2D eigenvalue weighted by Gasteiger charge is 2.37. The topological polar surface area (TPSA) is 21.3 Å². The van der Waals surface area contributed by atoms with Crippen LogP contribution in [0, 0.1) is 5.92 Å². The van der Waals surface area contributed by atoms with E-state index in [1.54, 1.807) is 0 Å². The van der Waals surface area contributed by atoms with Gasteiger partial charge in [-0.15, -0.1) is 0 Å². The summed E-state index contributed by atoms with van der Waals surface area (Å²) in [6.45, 7) is 8.51. The molecular formula is C15H23NO. The number of hydrogen-bond acceptors (Lipinski definition) is 2. The lowest BCUT2D eigenvalue weighted by Crippen LogP contribution is -2.16. The van der Waals surface area contributed by atoms with Crippen molar-refractivity contribution in [3.63, 3.8) is 0 Å². The number of benzene rings is 1. The third-order valence-electron chi connectivity index (χ3n) is 3.26. The Morgan fingerprint density at radius 3 is 2.59 bits per heavy atom. The van der Waals surface area contributed by atoms with Gasteiger partial charge in [-0.1, -0.05) is 19.1 Å². The summed E-state index contributed by atoms with van der Waals surface area (Å²) in [7, 11) is 0. The summed E-state index contributed by atoms with van der Waals surface area (Å²) in [6, 6.07) is 8.62. The SMILES string of the molecule is CCNCC1CC1c1ccc(OC(C)C)cc1. The minimum Gasteiger partial charge on any atom is -0.491 e. The Morgan fingerprint density at radius 1 is 1.29 bits per heavy atom. The first-order valence-electron chi connectivity index (χ1n) is 6.68. The molecule has 0 heterocycles. The summed E-state index contributed by atoms with van der Waals surface area (Å²) < 4.78 is 5.65. The summed E-state index contributed by atoms with van der Waals surface area (Å²) in [5.41, 5.74) is 1.46. The summed E-state index contributed by atoms with van der Waals surface area (Å²) in [6.07, 6.45) is 1.58. The van der Waals surface area contributed by atoms with E-state index >= 15 is 0 Å². The predicted molar refractivity (Wildman–Crippen MR) is 71.6 cm³/mol. The Morgan fingerprint density at radius 2 is 2.00 bits per heavy atom. The van der Waals surface area contributed by atoms with Crippen molar-refractivity contribution in [3.8, 4) is 5.75 Å². The quantitative estimate of drug-likeness (QED) is 0.814. The van der Waals surface area contributed by atoms with Crippen LogP contribution in [0.5, 0.6) is 5.75 Å². The molecule has 0 aliphatic heterocycles. The Labute approximate surface area is 104 Å². The van der Waals surface area contributed by atoms with Crippen molar-refractivity contribution in [1.29, 1.82) is 0 Å². The van der Waals surface area contributed by atoms with Crippen LogP contribution in [0.3, 0.4) is 0 Å². The third kappa shape index (κ3) is 3.47. The molecule has 94 valence electrons. The van der Waals surface area contributed by atoms with Crippen LogP contribution in [0.4, 0.5) is 0 Å². The molecule has 1 aliphatic carbocycles. The number of rotatable bonds is 6. The van der Waals surface area contributed by atoms with Gasteiger partial charge in [-0.05, 0) is 62.9 Å². The van der Waals surface area contributed by atoms with Gasteiger partial charge in [0.2, 0.25) is 0 Å². The van der Waals surface area contributed by atoms with Gasteiger partial charge >= 0.3 is 0 Å². The molecule has 0 bridgehead atoms. The monoisotopic (exact) mass is 233 g/mol. The summed E-state index contributed by atoms with van der Waals surface area (Å²) in [5.74, 6) is 2.58. The number of ether oxygens (including phenoxy) is 1. The van der Waals surface area contributed by atoms with Gasteiger partial charge in [-0.3, -0.25) is 0 Å². The molecule has 0 aromatic heterocycles. The van der Waals surface area contributed by atoms with Gasteiger partial charge in [0.15, 0.2) is 0 Å². The molecule has 0 radical (unpaired) electrons. The second-order valence-electron chi connectivity index (χ2n) is 5.15. The zero-order valence-electron chi connectivity index (χ0n) is 11.1. The lowest BCUT2D eigenvalue weighted by atomic mass is 10.1.